The van der Waals surface area contributed by atoms with Gasteiger partial charge in [-0.1, -0.05) is 24.3 Å². The summed E-state index contributed by atoms with van der Waals surface area (Å²) in [5, 5.41) is 0. The summed E-state index contributed by atoms with van der Waals surface area (Å²) in [4.78, 5) is 7.93. The van der Waals surface area contributed by atoms with Crippen LogP contribution in [0.2, 0.25) is 0 Å². The molecule has 0 N–H and O–H groups in total. The average Bonchev–Trinajstić information content (AvgIpc) is 2.30. The lowest BCUT2D eigenvalue weighted by molar-refractivity contribution is 1.17. The van der Waals surface area contributed by atoms with Crippen molar-refractivity contribution in [1.29, 1.82) is 0 Å². The minimum atomic E-state index is 0.547. The number of alkyl halides is 1. The van der Waals surface area contributed by atoms with Crippen LogP contribution in [0.3, 0.4) is 0 Å². The maximum atomic E-state index is 5.70. The first kappa shape index (κ1) is 9.16. The average molecular weight is 205 g/mol. The molecule has 1 aromatic heterocycles. The minimum absolute atomic E-state index is 0.547. The Morgan fingerprint density at radius 2 is 1.57 bits per heavy atom. The molecule has 70 valence electrons. The molecule has 2 aromatic rings. The van der Waals surface area contributed by atoms with Gasteiger partial charge >= 0.3 is 0 Å². The molecule has 0 bridgehead atoms. The molecule has 0 aliphatic heterocycles. The normalized spacial score (nSPS) is 10.1. The van der Waals surface area contributed by atoms with E-state index in [4.69, 9.17) is 11.6 Å². The molecule has 0 aliphatic carbocycles. The molecular weight excluding hydrogens is 196 g/mol. The van der Waals surface area contributed by atoms with Crippen LogP contribution in [0.25, 0.3) is 11.1 Å². The highest BCUT2D eigenvalue weighted by Gasteiger charge is 1.97. The predicted molar refractivity (Wildman–Crippen MR) is 57.0 cm³/mol. The number of hydrogen-bond donors (Lipinski definition) is 0. The summed E-state index contributed by atoms with van der Waals surface area (Å²) in [7, 11) is 0. The second-order valence-corrected chi connectivity index (χ2v) is 3.22. The first-order valence-corrected chi connectivity index (χ1v) is 4.84. The molecule has 0 saturated carbocycles. The Morgan fingerprint density at radius 3 is 2.14 bits per heavy atom. The molecule has 0 saturated heterocycles. The number of aromatic nitrogens is 2. The van der Waals surface area contributed by atoms with Crippen LogP contribution >= 0.6 is 11.6 Å². The first-order chi connectivity index (χ1) is 6.90. The Kier molecular flexibility index (Phi) is 2.75. The van der Waals surface area contributed by atoms with Gasteiger partial charge in [0.15, 0.2) is 0 Å². The number of hydrogen-bond acceptors (Lipinski definition) is 2. The van der Waals surface area contributed by atoms with Crippen molar-refractivity contribution in [2.45, 2.75) is 5.88 Å². The largest absolute Gasteiger partial charge is 0.244 e. The highest BCUT2D eigenvalue weighted by atomic mass is 35.5. The van der Waals surface area contributed by atoms with Gasteiger partial charge in [-0.2, -0.15) is 0 Å². The number of rotatable bonds is 2. The van der Waals surface area contributed by atoms with Crippen molar-refractivity contribution >= 4 is 11.6 Å². The van der Waals surface area contributed by atoms with Crippen molar-refractivity contribution in [3.63, 3.8) is 0 Å². The van der Waals surface area contributed by atoms with E-state index in [9.17, 15) is 0 Å². The summed E-state index contributed by atoms with van der Waals surface area (Å²) in [6, 6.07) is 8.07. The SMILES string of the molecule is ClCc1ccc(-c2cncnc2)cc1. The van der Waals surface area contributed by atoms with Crippen LogP contribution in [0.4, 0.5) is 0 Å². The van der Waals surface area contributed by atoms with Gasteiger partial charge in [-0.25, -0.2) is 9.97 Å². The Labute approximate surface area is 87.6 Å². The molecule has 0 aliphatic rings. The quantitative estimate of drug-likeness (QED) is 0.703. The molecule has 0 fully saturated rings. The van der Waals surface area contributed by atoms with Crippen LogP contribution in [0, 0.1) is 0 Å². The second kappa shape index (κ2) is 4.20. The smallest absolute Gasteiger partial charge is 0.115 e. The van der Waals surface area contributed by atoms with Crippen molar-refractivity contribution in [2.75, 3.05) is 0 Å². The van der Waals surface area contributed by atoms with E-state index in [-0.39, 0.29) is 0 Å². The first-order valence-electron chi connectivity index (χ1n) is 4.30. The van der Waals surface area contributed by atoms with E-state index < -0.39 is 0 Å². The van der Waals surface area contributed by atoms with E-state index in [2.05, 4.69) is 9.97 Å². The van der Waals surface area contributed by atoms with Crippen LogP contribution in [0.15, 0.2) is 43.0 Å². The molecule has 2 nitrogen and oxygen atoms in total. The number of halogens is 1. The summed E-state index contributed by atoms with van der Waals surface area (Å²) >= 11 is 5.70. The van der Waals surface area contributed by atoms with Crippen molar-refractivity contribution < 1.29 is 0 Å². The van der Waals surface area contributed by atoms with Gasteiger partial charge in [0.05, 0.1) is 0 Å². The molecule has 0 radical (unpaired) electrons. The zero-order valence-corrected chi connectivity index (χ0v) is 8.28. The molecule has 14 heavy (non-hydrogen) atoms. The van der Waals surface area contributed by atoms with Crippen LogP contribution in [-0.2, 0) is 5.88 Å². The van der Waals surface area contributed by atoms with Crippen LogP contribution in [-0.4, -0.2) is 9.97 Å². The fourth-order valence-corrected chi connectivity index (χ4v) is 1.41. The van der Waals surface area contributed by atoms with Crippen LogP contribution in [0.5, 0.6) is 0 Å². The lowest BCUT2D eigenvalue weighted by atomic mass is 10.1. The Bertz CT molecular complexity index is 397. The Morgan fingerprint density at radius 1 is 0.929 bits per heavy atom. The lowest BCUT2D eigenvalue weighted by Gasteiger charge is -2.00. The van der Waals surface area contributed by atoms with E-state index in [0.29, 0.717) is 5.88 Å². The van der Waals surface area contributed by atoms with E-state index in [1.807, 2.05) is 24.3 Å². The van der Waals surface area contributed by atoms with Crippen molar-refractivity contribution in [1.82, 2.24) is 9.97 Å². The maximum Gasteiger partial charge on any atom is 0.115 e. The number of nitrogens with zero attached hydrogens (tertiary/aromatic N) is 2. The summed E-state index contributed by atoms with van der Waals surface area (Å²) in [6.07, 6.45) is 5.11. The summed E-state index contributed by atoms with van der Waals surface area (Å²) in [5.74, 6) is 0.547. The van der Waals surface area contributed by atoms with E-state index in [0.717, 1.165) is 16.7 Å². The highest BCUT2D eigenvalue weighted by molar-refractivity contribution is 6.17. The summed E-state index contributed by atoms with van der Waals surface area (Å²) in [5.41, 5.74) is 3.25. The monoisotopic (exact) mass is 204 g/mol. The standard InChI is InChI=1S/C11H9ClN2/c12-5-9-1-3-10(4-2-9)11-6-13-8-14-7-11/h1-4,6-8H,5H2. The Hall–Kier alpha value is -1.41. The summed E-state index contributed by atoms with van der Waals surface area (Å²) < 4.78 is 0. The third kappa shape index (κ3) is 1.91. The van der Waals surface area contributed by atoms with Gasteiger partial charge in [0.25, 0.3) is 0 Å². The van der Waals surface area contributed by atoms with Gasteiger partial charge in [0.1, 0.15) is 6.33 Å². The molecule has 0 atom stereocenters. The van der Waals surface area contributed by atoms with Crippen molar-refractivity contribution in [3.8, 4) is 11.1 Å². The van der Waals surface area contributed by atoms with E-state index in [1.54, 1.807) is 12.4 Å². The van der Waals surface area contributed by atoms with Gasteiger partial charge in [-0.05, 0) is 11.1 Å². The highest BCUT2D eigenvalue weighted by Crippen LogP contribution is 2.17. The van der Waals surface area contributed by atoms with Gasteiger partial charge < -0.3 is 0 Å². The van der Waals surface area contributed by atoms with Gasteiger partial charge in [0, 0.05) is 23.8 Å². The van der Waals surface area contributed by atoms with Crippen LogP contribution in [0.1, 0.15) is 5.56 Å². The third-order valence-corrected chi connectivity index (χ3v) is 2.31. The van der Waals surface area contributed by atoms with Crippen molar-refractivity contribution in [3.05, 3.63) is 48.5 Å². The fourth-order valence-electron chi connectivity index (χ4n) is 1.23. The fraction of sp³-hybridized carbons (Fsp3) is 0.0909. The lowest BCUT2D eigenvalue weighted by Crippen LogP contribution is -1.83. The van der Waals surface area contributed by atoms with Crippen LogP contribution < -0.4 is 0 Å². The zero-order valence-electron chi connectivity index (χ0n) is 7.52. The Balaban J connectivity index is 2.34. The molecule has 0 unspecified atom stereocenters. The maximum absolute atomic E-state index is 5.70. The molecule has 2 rings (SSSR count). The van der Waals surface area contributed by atoms with Crippen molar-refractivity contribution in [2.24, 2.45) is 0 Å². The third-order valence-electron chi connectivity index (χ3n) is 2.00. The molecule has 0 spiro atoms. The zero-order chi connectivity index (χ0) is 9.80. The van der Waals surface area contributed by atoms with Gasteiger partial charge in [-0.3, -0.25) is 0 Å². The second-order valence-electron chi connectivity index (χ2n) is 2.96. The molecule has 1 aromatic carbocycles. The van der Waals surface area contributed by atoms with E-state index in [1.165, 1.54) is 6.33 Å². The molecule has 3 heteroatoms. The predicted octanol–water partition coefficient (Wildman–Crippen LogP) is 2.88. The van der Waals surface area contributed by atoms with Gasteiger partial charge in [0.2, 0.25) is 0 Å². The minimum Gasteiger partial charge on any atom is -0.244 e. The molecule has 1 heterocycles. The van der Waals surface area contributed by atoms with E-state index >= 15 is 0 Å². The topological polar surface area (TPSA) is 25.8 Å². The number of benzene rings is 1. The van der Waals surface area contributed by atoms with Gasteiger partial charge in [-0.15, -0.1) is 11.6 Å². The molecular formula is C11H9ClN2. The summed E-state index contributed by atoms with van der Waals surface area (Å²) in [6.45, 7) is 0. The molecule has 0 amide bonds.